The maximum atomic E-state index is 13.3. The second-order valence-electron chi connectivity index (χ2n) is 4.73. The van der Waals surface area contributed by atoms with E-state index in [-0.39, 0.29) is 11.7 Å². The largest absolute Gasteiger partial charge is 0.494 e. The van der Waals surface area contributed by atoms with Gasteiger partial charge in [-0.3, -0.25) is 0 Å². The lowest BCUT2D eigenvalue weighted by atomic mass is 9.91. The predicted octanol–water partition coefficient (Wildman–Crippen LogP) is 3.51. The molecule has 106 valence electrons. The smallest absolute Gasteiger partial charge is 0.123 e. The summed E-state index contributed by atoms with van der Waals surface area (Å²) in [7, 11) is 0. The van der Waals surface area contributed by atoms with E-state index in [9.17, 15) is 4.39 Å². The van der Waals surface area contributed by atoms with E-state index in [1.807, 2.05) is 37.3 Å². The minimum atomic E-state index is -0.223. The molecule has 1 atom stereocenters. The fourth-order valence-electron chi connectivity index (χ4n) is 2.33. The minimum Gasteiger partial charge on any atom is -0.494 e. The zero-order valence-corrected chi connectivity index (χ0v) is 11.7. The molecule has 0 aliphatic heterocycles. The zero-order chi connectivity index (χ0) is 14.4. The Morgan fingerprint density at radius 2 is 1.95 bits per heavy atom. The highest BCUT2D eigenvalue weighted by Crippen LogP contribution is 2.26. The number of para-hydroxylation sites is 1. The topological polar surface area (TPSA) is 35.2 Å². The Labute approximate surface area is 119 Å². The quantitative estimate of drug-likeness (QED) is 0.874. The molecule has 2 rings (SSSR count). The first-order chi connectivity index (χ1) is 9.74. The summed E-state index contributed by atoms with van der Waals surface area (Å²) in [6.07, 6.45) is 0.746. The Hall–Kier alpha value is -1.87. The summed E-state index contributed by atoms with van der Waals surface area (Å²) in [6, 6.07) is 14.6. The lowest BCUT2D eigenvalue weighted by Gasteiger charge is -2.17. The molecule has 0 saturated carbocycles. The van der Waals surface area contributed by atoms with Crippen molar-refractivity contribution >= 4 is 0 Å². The van der Waals surface area contributed by atoms with Crippen molar-refractivity contribution in [3.8, 4) is 5.75 Å². The van der Waals surface area contributed by atoms with E-state index in [1.165, 1.54) is 6.07 Å². The highest BCUT2D eigenvalue weighted by molar-refractivity contribution is 5.35. The van der Waals surface area contributed by atoms with Crippen LogP contribution in [0.15, 0.2) is 48.5 Å². The number of hydrogen-bond donors (Lipinski definition) is 1. The average molecular weight is 273 g/mol. The van der Waals surface area contributed by atoms with Crippen LogP contribution in [0, 0.1) is 5.82 Å². The summed E-state index contributed by atoms with van der Waals surface area (Å²) >= 11 is 0. The van der Waals surface area contributed by atoms with Gasteiger partial charge in [0.1, 0.15) is 11.6 Å². The van der Waals surface area contributed by atoms with Gasteiger partial charge in [0.2, 0.25) is 0 Å². The fraction of sp³-hybridized carbons (Fsp3) is 0.294. The van der Waals surface area contributed by atoms with Gasteiger partial charge in [-0.15, -0.1) is 0 Å². The van der Waals surface area contributed by atoms with Crippen LogP contribution in [0.3, 0.4) is 0 Å². The summed E-state index contributed by atoms with van der Waals surface area (Å²) in [5, 5.41) is 0. The number of halogens is 1. The van der Waals surface area contributed by atoms with Crippen molar-refractivity contribution in [1.29, 1.82) is 0 Å². The standard InChI is InChI=1S/C17H20FNO/c1-2-20-17-9-4-3-6-14(17)10-15(12-19)13-7-5-8-16(18)11-13/h3-9,11,15H,2,10,12,19H2,1H3. The number of benzene rings is 2. The number of hydrogen-bond acceptors (Lipinski definition) is 2. The van der Waals surface area contributed by atoms with E-state index in [0.717, 1.165) is 23.3 Å². The third-order valence-corrected chi connectivity index (χ3v) is 3.34. The molecule has 0 aromatic heterocycles. The maximum Gasteiger partial charge on any atom is 0.123 e. The average Bonchev–Trinajstić information content (AvgIpc) is 2.46. The first-order valence-electron chi connectivity index (χ1n) is 6.90. The van der Waals surface area contributed by atoms with Gasteiger partial charge in [0.15, 0.2) is 0 Å². The fourth-order valence-corrected chi connectivity index (χ4v) is 2.33. The van der Waals surface area contributed by atoms with Gasteiger partial charge in [0.05, 0.1) is 6.61 Å². The van der Waals surface area contributed by atoms with Crippen molar-refractivity contribution in [2.45, 2.75) is 19.3 Å². The van der Waals surface area contributed by atoms with E-state index < -0.39 is 0 Å². The van der Waals surface area contributed by atoms with E-state index in [0.29, 0.717) is 13.2 Å². The Morgan fingerprint density at radius 1 is 1.15 bits per heavy atom. The van der Waals surface area contributed by atoms with E-state index in [2.05, 4.69) is 0 Å². The lowest BCUT2D eigenvalue weighted by Crippen LogP contribution is -2.15. The van der Waals surface area contributed by atoms with Crippen LogP contribution < -0.4 is 10.5 Å². The van der Waals surface area contributed by atoms with E-state index in [4.69, 9.17) is 10.5 Å². The van der Waals surface area contributed by atoms with E-state index >= 15 is 0 Å². The second-order valence-corrected chi connectivity index (χ2v) is 4.73. The van der Waals surface area contributed by atoms with Gasteiger partial charge >= 0.3 is 0 Å². The molecule has 0 bridgehead atoms. The van der Waals surface area contributed by atoms with Crippen LogP contribution >= 0.6 is 0 Å². The Bertz CT molecular complexity index is 556. The summed E-state index contributed by atoms with van der Waals surface area (Å²) in [6.45, 7) is 3.07. The van der Waals surface area contributed by atoms with Crippen molar-refractivity contribution in [2.24, 2.45) is 5.73 Å². The van der Waals surface area contributed by atoms with Gasteiger partial charge in [-0.1, -0.05) is 30.3 Å². The van der Waals surface area contributed by atoms with Gasteiger partial charge in [0, 0.05) is 5.92 Å². The zero-order valence-electron chi connectivity index (χ0n) is 11.7. The molecular weight excluding hydrogens is 253 g/mol. The van der Waals surface area contributed by atoms with Crippen LogP contribution in [0.2, 0.25) is 0 Å². The molecule has 0 amide bonds. The normalized spacial score (nSPS) is 12.2. The third kappa shape index (κ3) is 3.58. The molecule has 2 N–H and O–H groups in total. The minimum absolute atomic E-state index is 0.0901. The monoisotopic (exact) mass is 273 g/mol. The number of nitrogens with two attached hydrogens (primary N) is 1. The molecule has 0 aliphatic rings. The van der Waals surface area contributed by atoms with Gasteiger partial charge in [-0.25, -0.2) is 4.39 Å². The summed E-state index contributed by atoms with van der Waals surface area (Å²) in [5.41, 5.74) is 7.90. The van der Waals surface area contributed by atoms with Crippen LogP contribution in [0.5, 0.6) is 5.75 Å². The SMILES string of the molecule is CCOc1ccccc1CC(CN)c1cccc(F)c1. The van der Waals surface area contributed by atoms with Crippen molar-refractivity contribution in [1.82, 2.24) is 0 Å². The highest BCUT2D eigenvalue weighted by Gasteiger charge is 2.14. The molecule has 0 fully saturated rings. The van der Waals surface area contributed by atoms with E-state index in [1.54, 1.807) is 12.1 Å². The molecule has 0 spiro atoms. The Balaban J connectivity index is 2.22. The maximum absolute atomic E-state index is 13.3. The molecule has 1 unspecified atom stereocenters. The first kappa shape index (κ1) is 14.5. The van der Waals surface area contributed by atoms with Crippen LogP contribution in [-0.4, -0.2) is 13.2 Å². The molecule has 2 nitrogen and oxygen atoms in total. The van der Waals surface area contributed by atoms with Crippen LogP contribution in [0.1, 0.15) is 24.0 Å². The number of ether oxygens (including phenoxy) is 1. The van der Waals surface area contributed by atoms with Crippen molar-refractivity contribution < 1.29 is 9.13 Å². The Morgan fingerprint density at radius 3 is 2.65 bits per heavy atom. The molecule has 0 aliphatic carbocycles. The van der Waals surface area contributed by atoms with Crippen molar-refractivity contribution in [2.75, 3.05) is 13.2 Å². The lowest BCUT2D eigenvalue weighted by molar-refractivity contribution is 0.335. The van der Waals surface area contributed by atoms with Crippen molar-refractivity contribution in [3.05, 3.63) is 65.5 Å². The molecular formula is C17H20FNO. The molecule has 2 aromatic rings. The molecule has 0 radical (unpaired) electrons. The summed E-state index contributed by atoms with van der Waals surface area (Å²) in [5.74, 6) is 0.746. The molecule has 3 heteroatoms. The molecule has 0 saturated heterocycles. The van der Waals surface area contributed by atoms with Gasteiger partial charge in [0.25, 0.3) is 0 Å². The summed E-state index contributed by atoms with van der Waals surface area (Å²) in [4.78, 5) is 0. The third-order valence-electron chi connectivity index (χ3n) is 3.34. The van der Waals surface area contributed by atoms with Crippen LogP contribution in [-0.2, 0) is 6.42 Å². The van der Waals surface area contributed by atoms with Gasteiger partial charge in [-0.2, -0.15) is 0 Å². The first-order valence-corrected chi connectivity index (χ1v) is 6.90. The number of rotatable bonds is 6. The molecule has 2 aromatic carbocycles. The van der Waals surface area contributed by atoms with Crippen molar-refractivity contribution in [3.63, 3.8) is 0 Å². The predicted molar refractivity (Wildman–Crippen MR) is 79.5 cm³/mol. The molecule has 0 heterocycles. The molecule has 20 heavy (non-hydrogen) atoms. The highest BCUT2D eigenvalue weighted by atomic mass is 19.1. The van der Waals surface area contributed by atoms with Crippen LogP contribution in [0.4, 0.5) is 4.39 Å². The Kier molecular flexibility index (Phi) is 5.13. The van der Waals surface area contributed by atoms with Crippen LogP contribution in [0.25, 0.3) is 0 Å². The van der Waals surface area contributed by atoms with Gasteiger partial charge < -0.3 is 10.5 Å². The summed E-state index contributed by atoms with van der Waals surface area (Å²) < 4.78 is 19.0. The van der Waals surface area contributed by atoms with Gasteiger partial charge in [-0.05, 0) is 49.2 Å². The second kappa shape index (κ2) is 7.06.